The summed E-state index contributed by atoms with van der Waals surface area (Å²) < 4.78 is 12.1. The van der Waals surface area contributed by atoms with E-state index in [0.717, 1.165) is 11.1 Å². The Morgan fingerprint density at radius 3 is 1.11 bits per heavy atom. The lowest BCUT2D eigenvalue weighted by Gasteiger charge is -2.26. The van der Waals surface area contributed by atoms with Gasteiger partial charge < -0.3 is 9.47 Å². The first-order valence-corrected chi connectivity index (χ1v) is 15.0. The number of imide groups is 2. The highest BCUT2D eigenvalue weighted by molar-refractivity contribution is 6.22. The van der Waals surface area contributed by atoms with Crippen LogP contribution in [0.3, 0.4) is 0 Å². The fourth-order valence-corrected chi connectivity index (χ4v) is 5.86. The number of carbonyl (C=O) groups excluding carboxylic acids is 4. The van der Waals surface area contributed by atoms with Crippen LogP contribution in [0.25, 0.3) is 0 Å². The topological polar surface area (TPSA) is 93.2 Å². The molecule has 2 aliphatic heterocycles. The summed E-state index contributed by atoms with van der Waals surface area (Å²) in [5, 5.41) is 0. The smallest absolute Gasteiger partial charge is 0.261 e. The normalized spacial score (nSPS) is 14.5. The molecule has 0 unspecified atom stereocenters. The lowest BCUT2D eigenvalue weighted by atomic mass is 9.78. The number of rotatable bonds is 8. The van der Waals surface area contributed by atoms with Gasteiger partial charge in [0, 0.05) is 17.5 Å². The van der Waals surface area contributed by atoms with Crippen molar-refractivity contribution in [1.29, 1.82) is 0 Å². The Morgan fingerprint density at radius 1 is 0.467 bits per heavy atom. The Morgan fingerprint density at radius 2 is 0.778 bits per heavy atom. The second-order valence-corrected chi connectivity index (χ2v) is 12.4. The average Bonchev–Trinajstić information content (AvgIpc) is 3.41. The summed E-state index contributed by atoms with van der Waals surface area (Å²) in [4.78, 5) is 53.2. The van der Waals surface area contributed by atoms with E-state index >= 15 is 0 Å². The molecule has 0 aliphatic carbocycles. The molecular formula is C37H34N2O6. The molecule has 45 heavy (non-hydrogen) atoms. The second-order valence-electron chi connectivity index (χ2n) is 12.4. The lowest BCUT2D eigenvalue weighted by Crippen LogP contribution is -2.35. The highest BCUT2D eigenvalue weighted by Gasteiger charge is 2.38. The number of benzene rings is 4. The fourth-order valence-electron chi connectivity index (χ4n) is 5.86. The largest absolute Gasteiger partial charge is 0.457 e. The van der Waals surface area contributed by atoms with Gasteiger partial charge >= 0.3 is 0 Å². The number of nitrogens with zero attached hydrogens (tertiary/aromatic N) is 2. The summed E-state index contributed by atoms with van der Waals surface area (Å²) >= 11 is 0. The van der Waals surface area contributed by atoms with Gasteiger partial charge in [0.05, 0.1) is 22.3 Å². The average molecular weight is 603 g/mol. The Bertz CT molecular complexity index is 1720. The molecule has 0 aromatic heterocycles. The summed E-state index contributed by atoms with van der Waals surface area (Å²) in [5.41, 5.74) is 3.31. The third-order valence-corrected chi connectivity index (χ3v) is 8.44. The molecule has 0 bridgehead atoms. The monoisotopic (exact) mass is 602 g/mol. The van der Waals surface area contributed by atoms with Crippen molar-refractivity contribution < 1.29 is 28.7 Å². The molecule has 0 fully saturated rings. The second kappa shape index (κ2) is 11.0. The van der Waals surface area contributed by atoms with Gasteiger partial charge in [-0.25, -0.2) is 0 Å². The van der Waals surface area contributed by atoms with Gasteiger partial charge in [0.2, 0.25) is 0 Å². The summed E-state index contributed by atoms with van der Waals surface area (Å²) in [6.07, 6.45) is 0. The zero-order chi connectivity index (χ0) is 32.2. The molecule has 228 valence electrons. The van der Waals surface area contributed by atoms with Crippen LogP contribution in [-0.2, 0) is 5.41 Å². The SMILES string of the molecule is CC(C)N1C(=O)c2ccc(Oc3ccc(C(C)(C)c4ccc(Oc5ccc6c(c5)C(=O)N(C(C)C)C6=O)cc4)cc3)cc2C1=O. The molecule has 0 N–H and O–H groups in total. The summed E-state index contributed by atoms with van der Waals surface area (Å²) in [6.45, 7) is 11.5. The van der Waals surface area contributed by atoms with Crippen molar-refractivity contribution in [3.63, 3.8) is 0 Å². The van der Waals surface area contributed by atoms with Crippen molar-refractivity contribution in [2.45, 2.75) is 59.0 Å². The third-order valence-electron chi connectivity index (χ3n) is 8.44. The van der Waals surface area contributed by atoms with E-state index in [-0.39, 0.29) is 41.1 Å². The van der Waals surface area contributed by atoms with Crippen molar-refractivity contribution >= 4 is 23.6 Å². The molecule has 0 saturated heterocycles. The number of hydrogen-bond acceptors (Lipinski definition) is 6. The number of carbonyl (C=O) groups is 4. The number of ether oxygens (including phenoxy) is 2. The van der Waals surface area contributed by atoms with E-state index in [1.165, 1.54) is 9.80 Å². The van der Waals surface area contributed by atoms with Gasteiger partial charge in [-0.1, -0.05) is 38.1 Å². The predicted molar refractivity (Wildman–Crippen MR) is 169 cm³/mol. The maximum atomic E-state index is 12.8. The van der Waals surface area contributed by atoms with Crippen molar-refractivity contribution in [3.05, 3.63) is 118 Å². The van der Waals surface area contributed by atoms with Crippen molar-refractivity contribution in [2.24, 2.45) is 0 Å². The minimum absolute atomic E-state index is 0.220. The summed E-state index contributed by atoms with van der Waals surface area (Å²) in [7, 11) is 0. The Balaban J connectivity index is 1.14. The van der Waals surface area contributed by atoms with E-state index in [1.54, 1.807) is 36.4 Å². The van der Waals surface area contributed by atoms with Crippen LogP contribution < -0.4 is 9.47 Å². The molecule has 0 saturated carbocycles. The molecule has 6 rings (SSSR count). The van der Waals surface area contributed by atoms with Crippen LogP contribution in [0.2, 0.25) is 0 Å². The number of amides is 4. The number of hydrogen-bond donors (Lipinski definition) is 0. The standard InChI is InChI=1S/C37H34N2O6/c1-21(2)38-33(40)29-17-15-27(19-31(29)35(38)42)44-25-11-7-23(8-12-25)37(5,6)24-9-13-26(14-10-24)45-28-16-18-30-32(20-28)36(43)39(22(3)4)34(30)41/h7-22H,1-6H3. The maximum Gasteiger partial charge on any atom is 0.261 e. The van der Waals surface area contributed by atoms with E-state index in [0.29, 0.717) is 45.3 Å². The Kier molecular flexibility index (Phi) is 7.31. The molecule has 0 atom stereocenters. The quantitative estimate of drug-likeness (QED) is 0.193. The van der Waals surface area contributed by atoms with E-state index in [2.05, 4.69) is 13.8 Å². The molecule has 8 nitrogen and oxygen atoms in total. The summed E-state index contributed by atoms with van der Waals surface area (Å²) in [6, 6.07) is 25.1. The van der Waals surface area contributed by atoms with Crippen LogP contribution in [0.1, 0.15) is 94.1 Å². The predicted octanol–water partition coefficient (Wildman–Crippen LogP) is 7.61. The van der Waals surface area contributed by atoms with E-state index < -0.39 is 0 Å². The first-order valence-electron chi connectivity index (χ1n) is 15.0. The lowest BCUT2D eigenvalue weighted by molar-refractivity contribution is 0.0592. The molecule has 2 heterocycles. The van der Waals surface area contributed by atoms with Crippen molar-refractivity contribution in [1.82, 2.24) is 9.80 Å². The van der Waals surface area contributed by atoms with Crippen molar-refractivity contribution in [3.8, 4) is 23.0 Å². The zero-order valence-electron chi connectivity index (χ0n) is 26.1. The molecular weight excluding hydrogens is 568 g/mol. The molecule has 8 heteroatoms. The minimum atomic E-state index is -0.335. The van der Waals surface area contributed by atoms with E-state index in [4.69, 9.17) is 9.47 Å². The number of fused-ring (bicyclic) bond motifs is 2. The first kappa shape index (κ1) is 29.8. The van der Waals surface area contributed by atoms with Crippen LogP contribution in [0.5, 0.6) is 23.0 Å². The zero-order valence-corrected chi connectivity index (χ0v) is 26.1. The highest BCUT2D eigenvalue weighted by atomic mass is 16.5. The van der Waals surface area contributed by atoms with Gasteiger partial charge in [0.25, 0.3) is 23.6 Å². The third kappa shape index (κ3) is 5.16. The molecule has 2 aliphatic rings. The van der Waals surface area contributed by atoms with Crippen molar-refractivity contribution in [2.75, 3.05) is 0 Å². The van der Waals surface area contributed by atoms with Gasteiger partial charge in [-0.2, -0.15) is 0 Å². The van der Waals surface area contributed by atoms with Gasteiger partial charge in [-0.05, 0) is 99.5 Å². The minimum Gasteiger partial charge on any atom is -0.457 e. The molecule has 4 amide bonds. The van der Waals surface area contributed by atoms with Crippen LogP contribution >= 0.6 is 0 Å². The Hall–Kier alpha value is -5.24. The molecule has 4 aromatic carbocycles. The van der Waals surface area contributed by atoms with Gasteiger partial charge in [0.15, 0.2) is 0 Å². The van der Waals surface area contributed by atoms with Crippen LogP contribution in [0.4, 0.5) is 0 Å². The van der Waals surface area contributed by atoms with Gasteiger partial charge in [-0.3, -0.25) is 29.0 Å². The highest BCUT2D eigenvalue weighted by Crippen LogP contribution is 2.36. The van der Waals surface area contributed by atoms with Crippen LogP contribution in [0, 0.1) is 0 Å². The van der Waals surface area contributed by atoms with E-state index in [9.17, 15) is 19.2 Å². The van der Waals surface area contributed by atoms with Gasteiger partial charge in [-0.15, -0.1) is 0 Å². The molecule has 0 spiro atoms. The molecule has 4 aromatic rings. The fraction of sp³-hybridized carbons (Fsp3) is 0.243. The van der Waals surface area contributed by atoms with Crippen LogP contribution in [0.15, 0.2) is 84.9 Å². The molecule has 0 radical (unpaired) electrons. The first-order chi connectivity index (χ1) is 21.4. The van der Waals surface area contributed by atoms with Crippen LogP contribution in [-0.4, -0.2) is 45.5 Å². The Labute approximate surface area is 262 Å². The maximum absolute atomic E-state index is 12.8. The van der Waals surface area contributed by atoms with Gasteiger partial charge in [0.1, 0.15) is 23.0 Å². The van der Waals surface area contributed by atoms with E-state index in [1.807, 2.05) is 76.2 Å². The summed E-state index contributed by atoms with van der Waals surface area (Å²) in [5.74, 6) is 1.03.